The molecule has 0 bridgehead atoms. The maximum Gasteiger partial charge on any atom is 0.273 e. The van der Waals surface area contributed by atoms with Crippen LogP contribution in [-0.4, -0.2) is 18.0 Å². The van der Waals surface area contributed by atoms with Crippen LogP contribution in [0.5, 0.6) is 0 Å². The van der Waals surface area contributed by atoms with Crippen LogP contribution < -0.4 is 4.31 Å². The van der Waals surface area contributed by atoms with Gasteiger partial charge in [0.25, 0.3) is 10.0 Å². The Kier molecular flexibility index (Phi) is 3.86. The molecule has 4 rings (SSSR count). The van der Waals surface area contributed by atoms with Gasteiger partial charge < -0.3 is 0 Å². The number of hydrogen-bond donors (Lipinski definition) is 0. The van der Waals surface area contributed by atoms with Crippen molar-refractivity contribution in [3.05, 3.63) is 84.0 Å². The molecule has 0 spiro atoms. The zero-order valence-corrected chi connectivity index (χ0v) is 16.0. The molecule has 26 heavy (non-hydrogen) atoms. The van der Waals surface area contributed by atoms with Gasteiger partial charge in [-0.3, -0.25) is 4.57 Å². The molecule has 0 N–H and O–H groups in total. The lowest BCUT2D eigenvalue weighted by atomic mass is 10.2. The second kappa shape index (κ2) is 5.96. The molecule has 7 heteroatoms. The van der Waals surface area contributed by atoms with E-state index in [0.717, 1.165) is 5.52 Å². The minimum absolute atomic E-state index is 0.194. The van der Waals surface area contributed by atoms with Gasteiger partial charge in [0.1, 0.15) is 4.90 Å². The molecule has 1 aliphatic heterocycles. The Morgan fingerprint density at radius 3 is 2.65 bits per heavy atom. The second-order valence-electron chi connectivity index (χ2n) is 5.65. The number of nitrogens with zero attached hydrogens (tertiary/aromatic N) is 3. The first-order valence-electron chi connectivity index (χ1n) is 7.77. The number of aromatic nitrogens is 2. The first-order valence-corrected chi connectivity index (χ1v) is 10.00. The van der Waals surface area contributed by atoms with E-state index in [2.05, 4.69) is 34.1 Å². The fourth-order valence-electron chi connectivity index (χ4n) is 3.07. The summed E-state index contributed by atoms with van der Waals surface area (Å²) in [6.45, 7) is 7.42. The Morgan fingerprint density at radius 2 is 1.92 bits per heavy atom. The molecule has 0 atom stereocenters. The Balaban J connectivity index is 2.19. The van der Waals surface area contributed by atoms with Gasteiger partial charge in [0.2, 0.25) is 5.95 Å². The van der Waals surface area contributed by atoms with Gasteiger partial charge in [-0.05, 0) is 42.5 Å². The molecular formula is C19H14BrN3O2S. The molecule has 0 aliphatic carbocycles. The molecule has 2 aromatic carbocycles. The Bertz CT molecular complexity index is 1210. The van der Waals surface area contributed by atoms with Crippen LogP contribution in [0.1, 0.15) is 0 Å². The third-order valence-corrected chi connectivity index (χ3v) is 6.37. The van der Waals surface area contributed by atoms with Crippen molar-refractivity contribution < 1.29 is 8.42 Å². The Hall–Kier alpha value is -2.64. The zero-order chi connectivity index (χ0) is 18.5. The standard InChI is InChI=1S/C19H14BrN3O2S/c1-3-7-14(4-2)23-19-21-15-8-5-6-9-16(15)22(19)17-11-10-13(20)12-18(17)26(23,24)25/h3-12H,1-2H2/b14-7+. The van der Waals surface area contributed by atoms with Crippen molar-refractivity contribution in [3.8, 4) is 5.69 Å². The SMILES string of the molecule is C=C/C=C(\C=C)N1c2nc3ccccc3n2-c2ccc(Br)cc2S1(=O)=O. The lowest BCUT2D eigenvalue weighted by Gasteiger charge is -2.30. The Labute approximate surface area is 159 Å². The van der Waals surface area contributed by atoms with Crippen molar-refractivity contribution in [3.63, 3.8) is 0 Å². The summed E-state index contributed by atoms with van der Waals surface area (Å²) in [4.78, 5) is 4.77. The highest BCUT2D eigenvalue weighted by molar-refractivity contribution is 9.10. The lowest BCUT2D eigenvalue weighted by molar-refractivity contribution is 0.591. The van der Waals surface area contributed by atoms with E-state index in [1.807, 2.05) is 34.9 Å². The van der Waals surface area contributed by atoms with E-state index >= 15 is 0 Å². The van der Waals surface area contributed by atoms with E-state index in [-0.39, 0.29) is 4.90 Å². The summed E-state index contributed by atoms with van der Waals surface area (Å²) >= 11 is 3.37. The van der Waals surface area contributed by atoms with E-state index in [1.165, 1.54) is 16.5 Å². The highest BCUT2D eigenvalue weighted by atomic mass is 79.9. The molecule has 0 saturated carbocycles. The van der Waals surface area contributed by atoms with Crippen LogP contribution in [-0.2, 0) is 10.0 Å². The number of halogens is 1. The van der Waals surface area contributed by atoms with Crippen molar-refractivity contribution in [1.82, 2.24) is 9.55 Å². The van der Waals surface area contributed by atoms with Crippen molar-refractivity contribution in [2.24, 2.45) is 0 Å². The van der Waals surface area contributed by atoms with Crippen LogP contribution in [0.4, 0.5) is 5.95 Å². The fraction of sp³-hybridized carbons (Fsp3) is 0. The topological polar surface area (TPSA) is 55.2 Å². The maximum atomic E-state index is 13.4. The van der Waals surface area contributed by atoms with Gasteiger partial charge in [0.05, 0.1) is 22.4 Å². The van der Waals surface area contributed by atoms with Crippen LogP contribution in [0.25, 0.3) is 16.7 Å². The summed E-state index contributed by atoms with van der Waals surface area (Å²) < 4.78 is 30.5. The molecule has 0 radical (unpaired) electrons. The van der Waals surface area contributed by atoms with Crippen LogP contribution in [0.15, 0.2) is 88.9 Å². The molecule has 0 saturated heterocycles. The van der Waals surface area contributed by atoms with E-state index in [1.54, 1.807) is 18.2 Å². The van der Waals surface area contributed by atoms with Gasteiger partial charge in [0.15, 0.2) is 0 Å². The van der Waals surface area contributed by atoms with Crippen molar-refractivity contribution in [2.45, 2.75) is 4.90 Å². The average Bonchev–Trinajstić information content (AvgIpc) is 2.99. The minimum Gasteiger partial charge on any atom is -0.276 e. The number of allylic oxidation sites excluding steroid dienone is 3. The van der Waals surface area contributed by atoms with Crippen LogP contribution in [0.3, 0.4) is 0 Å². The molecule has 2 heterocycles. The molecule has 0 unspecified atom stereocenters. The summed E-state index contributed by atoms with van der Waals surface area (Å²) in [6.07, 6.45) is 4.60. The van der Waals surface area contributed by atoms with Gasteiger partial charge >= 0.3 is 0 Å². The number of sulfonamides is 1. The third kappa shape index (κ3) is 2.28. The molecular weight excluding hydrogens is 414 g/mol. The normalized spacial score (nSPS) is 15.4. The predicted octanol–water partition coefficient (Wildman–Crippen LogP) is 4.55. The number of rotatable bonds is 3. The van der Waals surface area contributed by atoms with E-state index in [4.69, 9.17) is 0 Å². The molecule has 1 aliphatic rings. The van der Waals surface area contributed by atoms with E-state index in [0.29, 0.717) is 27.3 Å². The smallest absolute Gasteiger partial charge is 0.273 e. The molecule has 5 nitrogen and oxygen atoms in total. The Morgan fingerprint density at radius 1 is 1.15 bits per heavy atom. The van der Waals surface area contributed by atoms with E-state index in [9.17, 15) is 8.42 Å². The number of anilines is 1. The number of benzene rings is 2. The maximum absolute atomic E-state index is 13.4. The van der Waals surface area contributed by atoms with Crippen LogP contribution in [0, 0.1) is 0 Å². The minimum atomic E-state index is -3.87. The van der Waals surface area contributed by atoms with Gasteiger partial charge in [0, 0.05) is 4.47 Å². The summed E-state index contributed by atoms with van der Waals surface area (Å²) in [5.74, 6) is 0.300. The van der Waals surface area contributed by atoms with Crippen molar-refractivity contribution in [1.29, 1.82) is 0 Å². The summed E-state index contributed by atoms with van der Waals surface area (Å²) in [5, 5.41) is 0. The van der Waals surface area contributed by atoms with Gasteiger partial charge in [-0.1, -0.05) is 47.3 Å². The van der Waals surface area contributed by atoms with E-state index < -0.39 is 10.0 Å². The van der Waals surface area contributed by atoms with Gasteiger partial charge in [-0.15, -0.1) is 0 Å². The zero-order valence-electron chi connectivity index (χ0n) is 13.6. The molecule has 0 fully saturated rings. The summed E-state index contributed by atoms with van der Waals surface area (Å²) in [7, 11) is -3.87. The number of imidazole rings is 1. The average molecular weight is 428 g/mol. The van der Waals surface area contributed by atoms with Gasteiger partial charge in [-0.25, -0.2) is 17.7 Å². The molecule has 1 aromatic heterocycles. The molecule has 0 amide bonds. The molecule has 130 valence electrons. The number of hydrogen-bond acceptors (Lipinski definition) is 3. The highest BCUT2D eigenvalue weighted by Gasteiger charge is 2.39. The quantitative estimate of drug-likeness (QED) is 0.575. The van der Waals surface area contributed by atoms with Gasteiger partial charge in [-0.2, -0.15) is 0 Å². The fourth-order valence-corrected chi connectivity index (χ4v) is 5.22. The number of fused-ring (bicyclic) bond motifs is 5. The van der Waals surface area contributed by atoms with Crippen LogP contribution in [0.2, 0.25) is 0 Å². The predicted molar refractivity (Wildman–Crippen MR) is 107 cm³/mol. The summed E-state index contributed by atoms with van der Waals surface area (Å²) in [6, 6.07) is 12.7. The lowest BCUT2D eigenvalue weighted by Crippen LogP contribution is -2.36. The van der Waals surface area contributed by atoms with Crippen molar-refractivity contribution in [2.75, 3.05) is 4.31 Å². The number of para-hydroxylation sites is 2. The second-order valence-corrected chi connectivity index (χ2v) is 8.32. The highest BCUT2D eigenvalue weighted by Crippen LogP contribution is 2.41. The first-order chi connectivity index (χ1) is 12.5. The molecule has 3 aromatic rings. The first kappa shape index (κ1) is 16.8. The van der Waals surface area contributed by atoms with Crippen LogP contribution >= 0.6 is 15.9 Å². The summed E-state index contributed by atoms with van der Waals surface area (Å²) in [5.41, 5.74) is 2.48. The largest absolute Gasteiger partial charge is 0.276 e. The van der Waals surface area contributed by atoms with Crippen molar-refractivity contribution >= 4 is 42.9 Å². The third-order valence-electron chi connectivity index (χ3n) is 4.14. The monoisotopic (exact) mass is 427 g/mol.